The lowest BCUT2D eigenvalue weighted by molar-refractivity contribution is -0.127. The molecule has 0 radical (unpaired) electrons. The number of hydrogen-bond acceptors (Lipinski definition) is 4. The van der Waals surface area contributed by atoms with Crippen LogP contribution in [0, 0.1) is 5.92 Å². The van der Waals surface area contributed by atoms with E-state index in [0.717, 1.165) is 48.4 Å². The summed E-state index contributed by atoms with van der Waals surface area (Å²) in [5.74, 6) is 0.951. The number of benzene rings is 2. The van der Waals surface area contributed by atoms with Crippen molar-refractivity contribution in [2.24, 2.45) is 5.92 Å². The lowest BCUT2D eigenvalue weighted by Crippen LogP contribution is -2.41. The molecule has 2 aliphatic rings. The van der Waals surface area contributed by atoms with Crippen LogP contribution in [0.3, 0.4) is 0 Å². The minimum Gasteiger partial charge on any atom is -0.497 e. The Kier molecular flexibility index (Phi) is 6.44. The first-order valence-corrected chi connectivity index (χ1v) is 11.0. The van der Waals surface area contributed by atoms with Gasteiger partial charge in [-0.25, -0.2) is 0 Å². The molecule has 1 saturated carbocycles. The van der Waals surface area contributed by atoms with E-state index in [0.29, 0.717) is 0 Å². The smallest absolute Gasteiger partial charge is 0.228 e. The summed E-state index contributed by atoms with van der Waals surface area (Å²) in [6.45, 7) is 0. The highest BCUT2D eigenvalue weighted by atomic mass is 16.5. The Bertz CT molecular complexity index is 904. The molecular weight excluding hydrogens is 392 g/mol. The molecule has 1 heterocycles. The predicted octanol–water partition coefficient (Wildman–Crippen LogP) is 4.25. The number of carbonyl (C=O) groups is 2. The average molecular weight is 423 g/mol. The van der Waals surface area contributed by atoms with E-state index in [9.17, 15) is 9.59 Å². The SMILES string of the molecule is COc1ccc(C2C(C(=O)NC3CCCCC3)CC(=O)N2c2ccc(OC)cc2)cc1. The quantitative estimate of drug-likeness (QED) is 0.756. The Morgan fingerprint density at radius 1 is 0.903 bits per heavy atom. The molecule has 4 rings (SSSR count). The number of methoxy groups -OCH3 is 2. The maximum Gasteiger partial charge on any atom is 0.228 e. The van der Waals surface area contributed by atoms with Gasteiger partial charge in [-0.3, -0.25) is 9.59 Å². The number of amides is 2. The number of anilines is 1. The van der Waals surface area contributed by atoms with E-state index in [-0.39, 0.29) is 30.3 Å². The highest BCUT2D eigenvalue weighted by Gasteiger charge is 2.45. The van der Waals surface area contributed by atoms with Crippen LogP contribution in [0.2, 0.25) is 0 Å². The second-order valence-electron chi connectivity index (χ2n) is 8.33. The molecule has 0 aromatic heterocycles. The zero-order valence-electron chi connectivity index (χ0n) is 18.2. The van der Waals surface area contributed by atoms with Crippen molar-refractivity contribution < 1.29 is 19.1 Å². The zero-order valence-corrected chi connectivity index (χ0v) is 18.2. The van der Waals surface area contributed by atoms with Gasteiger partial charge in [-0.05, 0) is 54.8 Å². The summed E-state index contributed by atoms with van der Waals surface area (Å²) in [4.78, 5) is 28.2. The largest absolute Gasteiger partial charge is 0.497 e. The first-order valence-electron chi connectivity index (χ1n) is 11.0. The highest BCUT2D eigenvalue weighted by molar-refractivity contribution is 6.01. The Balaban J connectivity index is 1.65. The van der Waals surface area contributed by atoms with Gasteiger partial charge in [-0.2, -0.15) is 0 Å². The minimum atomic E-state index is -0.440. The Labute approximate surface area is 183 Å². The summed E-state index contributed by atoms with van der Waals surface area (Å²) in [6, 6.07) is 14.9. The maximum absolute atomic E-state index is 13.3. The number of nitrogens with zero attached hydrogens (tertiary/aromatic N) is 1. The third kappa shape index (κ3) is 4.53. The van der Waals surface area contributed by atoms with Crippen LogP contribution in [0.25, 0.3) is 0 Å². The van der Waals surface area contributed by atoms with E-state index in [4.69, 9.17) is 9.47 Å². The van der Waals surface area contributed by atoms with Crippen LogP contribution < -0.4 is 19.7 Å². The fourth-order valence-electron chi connectivity index (χ4n) is 4.75. The van der Waals surface area contributed by atoms with Gasteiger partial charge in [0.15, 0.2) is 0 Å². The van der Waals surface area contributed by atoms with Crippen LogP contribution in [0.1, 0.15) is 50.1 Å². The minimum absolute atomic E-state index is 0.0305. The normalized spacial score (nSPS) is 21.7. The van der Waals surface area contributed by atoms with Gasteiger partial charge in [0.05, 0.1) is 26.2 Å². The Hall–Kier alpha value is -3.02. The topological polar surface area (TPSA) is 67.9 Å². The van der Waals surface area contributed by atoms with E-state index in [1.165, 1.54) is 6.42 Å². The van der Waals surface area contributed by atoms with E-state index in [1.807, 2.05) is 48.5 Å². The van der Waals surface area contributed by atoms with Gasteiger partial charge in [0.25, 0.3) is 0 Å². The molecule has 31 heavy (non-hydrogen) atoms. The van der Waals surface area contributed by atoms with Gasteiger partial charge in [0.2, 0.25) is 11.8 Å². The number of nitrogens with one attached hydrogen (secondary N) is 1. The van der Waals surface area contributed by atoms with Crippen molar-refractivity contribution in [3.8, 4) is 11.5 Å². The molecule has 2 fully saturated rings. The van der Waals surface area contributed by atoms with Crippen molar-refractivity contribution in [2.45, 2.75) is 50.6 Å². The number of hydrogen-bond donors (Lipinski definition) is 1. The molecular formula is C25H30N2O4. The molecule has 1 aliphatic heterocycles. The lowest BCUT2D eigenvalue weighted by Gasteiger charge is -2.30. The second kappa shape index (κ2) is 9.41. The van der Waals surface area contributed by atoms with Crippen LogP contribution in [0.15, 0.2) is 48.5 Å². The molecule has 0 spiro atoms. The predicted molar refractivity (Wildman–Crippen MR) is 119 cm³/mol. The van der Waals surface area contributed by atoms with Gasteiger partial charge < -0.3 is 19.7 Å². The van der Waals surface area contributed by atoms with E-state index < -0.39 is 5.92 Å². The van der Waals surface area contributed by atoms with Crippen LogP contribution in [0.4, 0.5) is 5.69 Å². The molecule has 1 saturated heterocycles. The Morgan fingerprint density at radius 2 is 1.48 bits per heavy atom. The molecule has 164 valence electrons. The molecule has 2 unspecified atom stereocenters. The summed E-state index contributed by atoms with van der Waals surface area (Å²) >= 11 is 0. The second-order valence-corrected chi connectivity index (χ2v) is 8.33. The molecule has 2 amide bonds. The van der Waals surface area contributed by atoms with Crippen molar-refractivity contribution in [3.63, 3.8) is 0 Å². The molecule has 1 N–H and O–H groups in total. The fraction of sp³-hybridized carbons (Fsp3) is 0.440. The first-order chi connectivity index (χ1) is 15.1. The standard InChI is InChI=1S/C25H30N2O4/c1-30-20-12-8-17(9-13-20)24-22(25(29)26-18-6-4-3-5-7-18)16-23(28)27(24)19-10-14-21(31-2)15-11-19/h8-15,18,22,24H,3-7,16H2,1-2H3,(H,26,29). The lowest BCUT2D eigenvalue weighted by atomic mass is 9.90. The van der Waals surface area contributed by atoms with Crippen LogP contribution in [-0.2, 0) is 9.59 Å². The van der Waals surface area contributed by atoms with Crippen molar-refractivity contribution in [3.05, 3.63) is 54.1 Å². The fourth-order valence-corrected chi connectivity index (χ4v) is 4.75. The van der Waals surface area contributed by atoms with Gasteiger partial charge in [0, 0.05) is 18.2 Å². The molecule has 6 nitrogen and oxygen atoms in total. The van der Waals surface area contributed by atoms with Gasteiger partial charge in [0.1, 0.15) is 11.5 Å². The Morgan fingerprint density at radius 3 is 2.06 bits per heavy atom. The van der Waals surface area contributed by atoms with Gasteiger partial charge in [-0.1, -0.05) is 31.4 Å². The summed E-state index contributed by atoms with van der Waals surface area (Å²) in [6.07, 6.45) is 5.75. The van der Waals surface area contributed by atoms with Gasteiger partial charge >= 0.3 is 0 Å². The molecule has 1 aliphatic carbocycles. The molecule has 2 aromatic rings. The van der Waals surface area contributed by atoms with E-state index >= 15 is 0 Å². The monoisotopic (exact) mass is 422 g/mol. The van der Waals surface area contributed by atoms with Crippen molar-refractivity contribution in [1.82, 2.24) is 5.32 Å². The van der Waals surface area contributed by atoms with Crippen molar-refractivity contribution in [1.29, 1.82) is 0 Å². The number of carbonyl (C=O) groups excluding carboxylic acids is 2. The zero-order chi connectivity index (χ0) is 21.8. The van der Waals surface area contributed by atoms with Crippen LogP contribution >= 0.6 is 0 Å². The average Bonchev–Trinajstić information content (AvgIpc) is 3.17. The van der Waals surface area contributed by atoms with E-state index in [2.05, 4.69) is 5.32 Å². The molecule has 2 atom stereocenters. The first kappa shape index (κ1) is 21.2. The van der Waals surface area contributed by atoms with Crippen molar-refractivity contribution in [2.75, 3.05) is 19.1 Å². The molecule has 2 aromatic carbocycles. The highest BCUT2D eigenvalue weighted by Crippen LogP contribution is 2.42. The third-order valence-electron chi connectivity index (χ3n) is 6.42. The number of rotatable bonds is 6. The summed E-state index contributed by atoms with van der Waals surface area (Å²) in [5, 5.41) is 3.23. The summed E-state index contributed by atoms with van der Waals surface area (Å²) in [7, 11) is 3.24. The maximum atomic E-state index is 13.3. The van der Waals surface area contributed by atoms with Crippen LogP contribution in [0.5, 0.6) is 11.5 Å². The molecule has 0 bridgehead atoms. The van der Waals surface area contributed by atoms with E-state index in [1.54, 1.807) is 19.1 Å². The third-order valence-corrected chi connectivity index (χ3v) is 6.42. The summed E-state index contributed by atoms with van der Waals surface area (Å²) < 4.78 is 10.5. The van der Waals surface area contributed by atoms with Crippen molar-refractivity contribution >= 4 is 17.5 Å². The number of ether oxygens (including phenoxy) is 2. The molecule has 6 heteroatoms. The summed E-state index contributed by atoms with van der Waals surface area (Å²) in [5.41, 5.74) is 1.69. The van der Waals surface area contributed by atoms with Crippen LogP contribution in [-0.4, -0.2) is 32.1 Å². The van der Waals surface area contributed by atoms with Gasteiger partial charge in [-0.15, -0.1) is 0 Å².